The summed E-state index contributed by atoms with van der Waals surface area (Å²) in [6.45, 7) is 9.49. The van der Waals surface area contributed by atoms with E-state index in [1.54, 1.807) is 12.1 Å². The van der Waals surface area contributed by atoms with E-state index >= 15 is 0 Å². The Morgan fingerprint density at radius 3 is 2.28 bits per heavy atom. The number of aromatic carboxylic acids is 1. The second kappa shape index (κ2) is 6.97. The van der Waals surface area contributed by atoms with Crippen LogP contribution in [-0.2, 0) is 14.1 Å². The molecule has 134 valence electrons. The van der Waals surface area contributed by atoms with Gasteiger partial charge in [0, 0.05) is 19.7 Å². The fraction of sp³-hybridized carbons (Fsp3) is 0.471. The van der Waals surface area contributed by atoms with Gasteiger partial charge < -0.3 is 19.7 Å². The Labute approximate surface area is 147 Å². The number of carbonyl (C=O) groups is 2. The quantitative estimate of drug-likeness (QED) is 0.791. The number of nitrogens with zero attached hydrogens (tertiary/aromatic N) is 1. The summed E-state index contributed by atoms with van der Waals surface area (Å²) in [5.41, 5.74) is 0.381. The maximum atomic E-state index is 11.3. The van der Waals surface area contributed by atoms with Crippen molar-refractivity contribution >= 4 is 25.1 Å². The van der Waals surface area contributed by atoms with E-state index in [1.807, 2.05) is 27.7 Å². The maximum absolute atomic E-state index is 11.3. The van der Waals surface area contributed by atoms with E-state index in [9.17, 15) is 9.59 Å². The van der Waals surface area contributed by atoms with Crippen LogP contribution < -0.4 is 5.32 Å². The number of carboxylic acids is 1. The van der Waals surface area contributed by atoms with Gasteiger partial charge in [-0.05, 0) is 44.8 Å². The number of amides is 1. The Bertz CT molecular complexity index is 681. The average Bonchev–Trinajstić information content (AvgIpc) is 2.72. The van der Waals surface area contributed by atoms with E-state index in [1.165, 1.54) is 19.2 Å². The van der Waals surface area contributed by atoms with E-state index in [-0.39, 0.29) is 18.1 Å². The molecule has 0 saturated carbocycles. The zero-order valence-electron chi connectivity index (χ0n) is 15.1. The molecule has 0 bridgehead atoms. The molecule has 0 aromatic carbocycles. The van der Waals surface area contributed by atoms with Crippen LogP contribution in [0.5, 0.6) is 0 Å². The topological polar surface area (TPSA) is 97.8 Å². The van der Waals surface area contributed by atoms with Gasteiger partial charge in [-0.3, -0.25) is 4.79 Å². The number of pyridine rings is 1. The Hall–Kier alpha value is -2.19. The Morgan fingerprint density at radius 1 is 1.24 bits per heavy atom. The summed E-state index contributed by atoms with van der Waals surface area (Å²) < 4.78 is 12.1. The predicted octanol–water partition coefficient (Wildman–Crippen LogP) is 1.93. The lowest BCUT2D eigenvalue weighted by Crippen LogP contribution is -2.41. The van der Waals surface area contributed by atoms with E-state index in [0.29, 0.717) is 5.56 Å². The van der Waals surface area contributed by atoms with Gasteiger partial charge in [0.15, 0.2) is 0 Å². The molecule has 1 aliphatic rings. The van der Waals surface area contributed by atoms with Crippen LogP contribution in [-0.4, -0.2) is 46.8 Å². The zero-order chi connectivity index (χ0) is 18.8. The van der Waals surface area contributed by atoms with Crippen molar-refractivity contribution in [3.8, 4) is 0 Å². The molecule has 0 atom stereocenters. The zero-order valence-corrected chi connectivity index (χ0v) is 15.1. The van der Waals surface area contributed by atoms with Gasteiger partial charge in [0.2, 0.25) is 5.91 Å². The molecule has 1 fully saturated rings. The minimum Gasteiger partial charge on any atom is -0.477 e. The molecule has 1 aromatic heterocycles. The molecule has 2 heterocycles. The molecule has 7 nitrogen and oxygen atoms in total. The molecule has 8 heteroatoms. The molecule has 1 aliphatic heterocycles. The molecule has 25 heavy (non-hydrogen) atoms. The SMILES string of the molecule is CC(=O)NCC(=Cc1ccc(C(=O)O)nc1)B1OC(C)(C)C(C)(C)O1. The molecule has 0 unspecified atom stereocenters. The van der Waals surface area contributed by atoms with Crippen molar-refractivity contribution in [2.24, 2.45) is 0 Å². The monoisotopic (exact) mass is 346 g/mol. The van der Waals surface area contributed by atoms with Gasteiger partial charge in [0.25, 0.3) is 0 Å². The summed E-state index contributed by atoms with van der Waals surface area (Å²) in [5, 5.41) is 11.7. The summed E-state index contributed by atoms with van der Waals surface area (Å²) >= 11 is 0. The van der Waals surface area contributed by atoms with Gasteiger partial charge in [-0.2, -0.15) is 0 Å². The van der Waals surface area contributed by atoms with Crippen LogP contribution in [0.1, 0.15) is 50.7 Å². The van der Waals surface area contributed by atoms with Crippen LogP contribution in [0.15, 0.2) is 23.8 Å². The van der Waals surface area contributed by atoms with Gasteiger partial charge in [-0.15, -0.1) is 0 Å². The Kier molecular flexibility index (Phi) is 5.34. The number of carbonyl (C=O) groups excluding carboxylic acids is 1. The number of hydrogen-bond acceptors (Lipinski definition) is 5. The molecular formula is C17H23BN2O5. The summed E-state index contributed by atoms with van der Waals surface area (Å²) in [5.74, 6) is -1.25. The normalized spacial score (nSPS) is 18.9. The second-order valence-corrected chi connectivity index (χ2v) is 7.00. The van der Waals surface area contributed by atoms with Crippen LogP contribution in [0.2, 0.25) is 0 Å². The summed E-state index contributed by atoms with van der Waals surface area (Å²) in [6, 6.07) is 3.07. The van der Waals surface area contributed by atoms with Crippen molar-refractivity contribution in [1.29, 1.82) is 0 Å². The highest BCUT2D eigenvalue weighted by molar-refractivity contribution is 6.56. The molecule has 1 aromatic rings. The van der Waals surface area contributed by atoms with Crippen molar-refractivity contribution in [2.45, 2.75) is 45.8 Å². The number of rotatable bonds is 5. The van der Waals surface area contributed by atoms with Crippen molar-refractivity contribution in [2.75, 3.05) is 6.54 Å². The molecule has 0 spiro atoms. The third-order valence-corrected chi connectivity index (χ3v) is 4.45. The minimum atomic E-state index is -1.08. The fourth-order valence-electron chi connectivity index (χ4n) is 2.25. The maximum Gasteiger partial charge on any atom is 0.492 e. The summed E-state index contributed by atoms with van der Waals surface area (Å²) in [7, 11) is -0.615. The van der Waals surface area contributed by atoms with Gasteiger partial charge >= 0.3 is 13.1 Å². The van der Waals surface area contributed by atoms with Crippen molar-refractivity contribution in [3.63, 3.8) is 0 Å². The summed E-state index contributed by atoms with van der Waals surface area (Å²) in [6.07, 6.45) is 3.25. The molecule has 0 radical (unpaired) electrons. The van der Waals surface area contributed by atoms with Gasteiger partial charge in [0.05, 0.1) is 11.2 Å². The van der Waals surface area contributed by atoms with Gasteiger partial charge in [-0.25, -0.2) is 9.78 Å². The average molecular weight is 346 g/mol. The lowest BCUT2D eigenvalue weighted by atomic mass is 9.77. The van der Waals surface area contributed by atoms with Crippen LogP contribution in [0.3, 0.4) is 0 Å². The predicted molar refractivity (Wildman–Crippen MR) is 93.9 cm³/mol. The van der Waals surface area contributed by atoms with Crippen LogP contribution in [0.4, 0.5) is 0 Å². The van der Waals surface area contributed by atoms with Gasteiger partial charge in [-0.1, -0.05) is 12.1 Å². The third kappa shape index (κ3) is 4.46. The fourth-order valence-corrected chi connectivity index (χ4v) is 2.25. The third-order valence-electron chi connectivity index (χ3n) is 4.45. The molecule has 1 saturated heterocycles. The second-order valence-electron chi connectivity index (χ2n) is 7.00. The highest BCUT2D eigenvalue weighted by Gasteiger charge is 2.52. The lowest BCUT2D eigenvalue weighted by molar-refractivity contribution is -0.118. The van der Waals surface area contributed by atoms with Gasteiger partial charge in [0.1, 0.15) is 5.69 Å². The van der Waals surface area contributed by atoms with Crippen LogP contribution >= 0.6 is 0 Å². The van der Waals surface area contributed by atoms with E-state index < -0.39 is 24.3 Å². The van der Waals surface area contributed by atoms with E-state index in [2.05, 4.69) is 10.3 Å². The first kappa shape index (κ1) is 19.1. The number of nitrogens with one attached hydrogen (secondary N) is 1. The highest BCUT2D eigenvalue weighted by atomic mass is 16.7. The Balaban J connectivity index is 2.29. The van der Waals surface area contributed by atoms with Crippen LogP contribution in [0.25, 0.3) is 6.08 Å². The minimum absolute atomic E-state index is 0.0313. The smallest absolute Gasteiger partial charge is 0.477 e. The van der Waals surface area contributed by atoms with E-state index in [0.717, 1.165) is 5.47 Å². The first-order valence-corrected chi connectivity index (χ1v) is 8.02. The summed E-state index contributed by atoms with van der Waals surface area (Å²) in [4.78, 5) is 26.1. The molecular weight excluding hydrogens is 323 g/mol. The van der Waals surface area contributed by atoms with Crippen molar-refractivity contribution < 1.29 is 24.0 Å². The number of hydrogen-bond donors (Lipinski definition) is 2. The largest absolute Gasteiger partial charge is 0.492 e. The van der Waals surface area contributed by atoms with Crippen molar-refractivity contribution in [3.05, 3.63) is 35.1 Å². The number of aromatic nitrogens is 1. The van der Waals surface area contributed by atoms with E-state index in [4.69, 9.17) is 14.4 Å². The standard InChI is InChI=1S/C17H23BN2O5/c1-11(21)19-10-13(18-24-16(2,3)17(4,5)25-18)8-12-6-7-14(15(22)23)20-9-12/h6-9H,10H2,1-5H3,(H,19,21)(H,22,23). The van der Waals surface area contributed by atoms with Crippen LogP contribution in [0, 0.1) is 0 Å². The highest BCUT2D eigenvalue weighted by Crippen LogP contribution is 2.38. The first-order valence-electron chi connectivity index (χ1n) is 8.02. The van der Waals surface area contributed by atoms with Crippen molar-refractivity contribution in [1.82, 2.24) is 10.3 Å². The lowest BCUT2D eigenvalue weighted by Gasteiger charge is -2.32. The molecule has 2 rings (SSSR count). The first-order chi connectivity index (χ1) is 11.5. The number of carboxylic acid groups (broad SMARTS) is 1. The molecule has 2 N–H and O–H groups in total. The molecule has 0 aliphatic carbocycles. The Morgan fingerprint density at radius 2 is 1.84 bits per heavy atom. The molecule has 1 amide bonds.